The molecule has 3 rings (SSSR count). The SMILES string of the molecule is C=C(N=NC)C(C)Cc1ccc(-c2ncn(-c3ccc(CC(C)(F)F)cc3)n2)cc1. The second-order valence-corrected chi connectivity index (χ2v) is 7.52. The lowest BCUT2D eigenvalue weighted by Gasteiger charge is -2.10. The Balaban J connectivity index is 1.69. The molecule has 30 heavy (non-hydrogen) atoms. The number of alkyl halides is 2. The van der Waals surface area contributed by atoms with Crippen LogP contribution in [0.2, 0.25) is 0 Å². The monoisotopic (exact) mass is 409 g/mol. The molecular formula is C23H25F2N5. The van der Waals surface area contributed by atoms with Gasteiger partial charge in [0, 0.05) is 24.9 Å². The lowest BCUT2D eigenvalue weighted by molar-refractivity contribution is 0.0226. The van der Waals surface area contributed by atoms with Crippen LogP contribution in [0.1, 0.15) is 25.0 Å². The fourth-order valence-electron chi connectivity index (χ4n) is 3.13. The van der Waals surface area contributed by atoms with Crippen LogP contribution in [-0.2, 0) is 12.8 Å². The van der Waals surface area contributed by atoms with Crippen LogP contribution in [0.15, 0.2) is 77.4 Å². The van der Waals surface area contributed by atoms with Gasteiger partial charge in [-0.1, -0.05) is 49.9 Å². The van der Waals surface area contributed by atoms with Crippen molar-refractivity contribution in [3.05, 3.63) is 78.3 Å². The van der Waals surface area contributed by atoms with Gasteiger partial charge in [-0.3, -0.25) is 0 Å². The van der Waals surface area contributed by atoms with Crippen molar-refractivity contribution in [2.75, 3.05) is 7.05 Å². The summed E-state index contributed by atoms with van der Waals surface area (Å²) in [5.74, 6) is -1.92. The fraction of sp³-hybridized carbons (Fsp3) is 0.304. The first-order valence-electron chi connectivity index (χ1n) is 9.72. The summed E-state index contributed by atoms with van der Waals surface area (Å²) in [4.78, 5) is 4.38. The van der Waals surface area contributed by atoms with Crippen molar-refractivity contribution in [1.29, 1.82) is 0 Å². The number of allylic oxidation sites excluding steroid dienone is 1. The first kappa shape index (κ1) is 21.5. The van der Waals surface area contributed by atoms with Gasteiger partial charge in [0.15, 0.2) is 5.82 Å². The fourth-order valence-corrected chi connectivity index (χ4v) is 3.13. The summed E-state index contributed by atoms with van der Waals surface area (Å²) < 4.78 is 27.9. The van der Waals surface area contributed by atoms with Crippen LogP contribution >= 0.6 is 0 Å². The van der Waals surface area contributed by atoms with Gasteiger partial charge in [0.25, 0.3) is 0 Å². The predicted molar refractivity (Wildman–Crippen MR) is 114 cm³/mol. The highest BCUT2D eigenvalue weighted by molar-refractivity contribution is 5.55. The third kappa shape index (κ3) is 5.65. The Morgan fingerprint density at radius 3 is 2.33 bits per heavy atom. The Bertz CT molecular complexity index is 1010. The van der Waals surface area contributed by atoms with Gasteiger partial charge in [-0.2, -0.15) is 10.2 Å². The molecule has 156 valence electrons. The van der Waals surface area contributed by atoms with E-state index in [2.05, 4.69) is 33.8 Å². The molecule has 0 saturated carbocycles. The summed E-state index contributed by atoms with van der Waals surface area (Å²) >= 11 is 0. The van der Waals surface area contributed by atoms with Gasteiger partial charge in [-0.25, -0.2) is 18.4 Å². The molecule has 1 heterocycles. The predicted octanol–water partition coefficient (Wildman–Crippen LogP) is 5.91. The number of hydrogen-bond donors (Lipinski definition) is 0. The van der Waals surface area contributed by atoms with Gasteiger partial charge in [0.05, 0.1) is 11.4 Å². The minimum Gasteiger partial charge on any atom is -0.220 e. The molecule has 0 spiro atoms. The van der Waals surface area contributed by atoms with E-state index in [4.69, 9.17) is 0 Å². The largest absolute Gasteiger partial charge is 0.249 e. The average molecular weight is 409 g/mol. The molecule has 3 aromatic rings. The quantitative estimate of drug-likeness (QED) is 0.435. The van der Waals surface area contributed by atoms with Crippen molar-refractivity contribution in [3.8, 4) is 17.1 Å². The normalized spacial score (nSPS) is 13.0. The van der Waals surface area contributed by atoms with E-state index in [1.165, 1.54) is 5.56 Å². The molecule has 1 atom stereocenters. The number of aromatic nitrogens is 3. The summed E-state index contributed by atoms with van der Waals surface area (Å²) in [5, 5.41) is 12.3. The van der Waals surface area contributed by atoms with Crippen LogP contribution in [-0.4, -0.2) is 27.7 Å². The van der Waals surface area contributed by atoms with Crippen molar-refractivity contribution >= 4 is 0 Å². The van der Waals surface area contributed by atoms with Gasteiger partial charge in [-0.05, 0) is 36.6 Å². The molecule has 0 saturated heterocycles. The van der Waals surface area contributed by atoms with Crippen molar-refractivity contribution in [2.24, 2.45) is 16.1 Å². The third-order valence-corrected chi connectivity index (χ3v) is 4.76. The molecule has 1 aromatic heterocycles. The summed E-state index contributed by atoms with van der Waals surface area (Å²) in [5.41, 5.74) is 4.18. The summed E-state index contributed by atoms with van der Waals surface area (Å²) in [7, 11) is 1.64. The second-order valence-electron chi connectivity index (χ2n) is 7.52. The Hall–Kier alpha value is -3.22. The standard InChI is InChI=1S/C23H25F2N5/c1-16(17(2)28-26-4)13-18-5-9-20(10-6-18)22-27-15-30(29-22)21-11-7-19(8-12-21)14-23(3,24)25/h5-12,15-16H,2,13-14H2,1,3-4H3. The minimum absolute atomic E-state index is 0.201. The number of benzene rings is 2. The van der Waals surface area contributed by atoms with Crippen molar-refractivity contribution in [2.45, 2.75) is 32.6 Å². The number of rotatable bonds is 8. The Kier molecular flexibility index (Phi) is 6.50. The third-order valence-electron chi connectivity index (χ3n) is 4.76. The number of nitrogens with zero attached hydrogens (tertiary/aromatic N) is 5. The number of hydrogen-bond acceptors (Lipinski definition) is 4. The molecule has 0 radical (unpaired) electrons. The summed E-state index contributed by atoms with van der Waals surface area (Å²) in [6, 6.07) is 15.0. The van der Waals surface area contributed by atoms with Gasteiger partial charge >= 0.3 is 0 Å². The molecule has 0 fully saturated rings. The zero-order valence-corrected chi connectivity index (χ0v) is 17.4. The molecule has 0 aliphatic carbocycles. The van der Waals surface area contributed by atoms with Gasteiger partial charge < -0.3 is 0 Å². The van der Waals surface area contributed by atoms with Crippen LogP contribution in [0, 0.1) is 5.92 Å². The van der Waals surface area contributed by atoms with Crippen LogP contribution in [0.25, 0.3) is 17.1 Å². The highest BCUT2D eigenvalue weighted by Gasteiger charge is 2.21. The lowest BCUT2D eigenvalue weighted by atomic mass is 9.98. The molecule has 2 aromatic carbocycles. The van der Waals surface area contributed by atoms with Crippen molar-refractivity contribution in [3.63, 3.8) is 0 Å². The first-order chi connectivity index (χ1) is 14.2. The van der Waals surface area contributed by atoms with Crippen LogP contribution in [0.3, 0.4) is 0 Å². The molecule has 0 N–H and O–H groups in total. The summed E-state index contributed by atoms with van der Waals surface area (Å²) in [6.07, 6.45) is 2.16. The van der Waals surface area contributed by atoms with E-state index in [0.29, 0.717) is 11.4 Å². The maximum atomic E-state index is 13.2. The number of halogens is 2. The first-order valence-corrected chi connectivity index (χ1v) is 9.72. The van der Waals surface area contributed by atoms with Gasteiger partial charge in [-0.15, -0.1) is 5.10 Å². The van der Waals surface area contributed by atoms with Gasteiger partial charge in [0.1, 0.15) is 6.33 Å². The zero-order chi connectivity index (χ0) is 21.7. The van der Waals surface area contributed by atoms with E-state index in [9.17, 15) is 8.78 Å². The topological polar surface area (TPSA) is 55.4 Å². The Morgan fingerprint density at radius 1 is 1.10 bits per heavy atom. The molecule has 7 heteroatoms. The highest BCUT2D eigenvalue weighted by Crippen LogP contribution is 2.22. The second kappa shape index (κ2) is 9.07. The van der Waals surface area contributed by atoms with E-state index in [1.807, 2.05) is 24.3 Å². The Morgan fingerprint density at radius 2 is 1.73 bits per heavy atom. The smallest absolute Gasteiger partial charge is 0.220 e. The van der Waals surface area contributed by atoms with E-state index in [-0.39, 0.29) is 12.3 Å². The van der Waals surface area contributed by atoms with Crippen LogP contribution < -0.4 is 0 Å². The molecular weight excluding hydrogens is 384 g/mol. The van der Waals surface area contributed by atoms with E-state index >= 15 is 0 Å². The molecule has 0 aliphatic heterocycles. The van der Waals surface area contributed by atoms with Gasteiger partial charge in [0.2, 0.25) is 5.92 Å². The molecule has 5 nitrogen and oxygen atoms in total. The average Bonchev–Trinajstić information content (AvgIpc) is 3.18. The summed E-state index contributed by atoms with van der Waals surface area (Å²) in [6.45, 7) is 6.93. The molecule has 1 unspecified atom stereocenters. The van der Waals surface area contributed by atoms with E-state index in [1.54, 1.807) is 42.3 Å². The molecule has 0 aliphatic rings. The Labute approximate surface area is 175 Å². The lowest BCUT2D eigenvalue weighted by Crippen LogP contribution is -2.13. The minimum atomic E-state index is -2.72. The zero-order valence-electron chi connectivity index (χ0n) is 17.4. The van der Waals surface area contributed by atoms with Crippen molar-refractivity contribution in [1.82, 2.24) is 14.8 Å². The van der Waals surface area contributed by atoms with E-state index < -0.39 is 5.92 Å². The van der Waals surface area contributed by atoms with Crippen LogP contribution in [0.5, 0.6) is 0 Å². The van der Waals surface area contributed by atoms with E-state index in [0.717, 1.165) is 30.3 Å². The molecule has 0 amide bonds. The maximum absolute atomic E-state index is 13.2. The molecule has 0 bridgehead atoms. The maximum Gasteiger partial charge on any atom is 0.249 e. The van der Waals surface area contributed by atoms with Crippen LogP contribution in [0.4, 0.5) is 8.78 Å². The van der Waals surface area contributed by atoms with Crippen molar-refractivity contribution < 1.29 is 8.78 Å². The highest BCUT2D eigenvalue weighted by atomic mass is 19.3. The number of azo groups is 1.